The van der Waals surface area contributed by atoms with E-state index in [1.807, 2.05) is 0 Å². The van der Waals surface area contributed by atoms with E-state index in [-0.39, 0.29) is 22.4 Å². The van der Waals surface area contributed by atoms with Gasteiger partial charge in [0.25, 0.3) is 11.5 Å². The van der Waals surface area contributed by atoms with Crippen molar-refractivity contribution in [2.75, 3.05) is 39.4 Å². The second-order valence-electron chi connectivity index (χ2n) is 7.31. The first kappa shape index (κ1) is 17.6. The van der Waals surface area contributed by atoms with Crippen LogP contribution in [-0.2, 0) is 4.74 Å². The summed E-state index contributed by atoms with van der Waals surface area (Å²) in [5.41, 5.74) is -0.187. The number of carbonyl (C=O) groups excluding carboxylic acids is 1. The fourth-order valence-electron chi connectivity index (χ4n) is 3.95. The van der Waals surface area contributed by atoms with Crippen molar-refractivity contribution in [1.29, 1.82) is 0 Å². The average Bonchev–Trinajstić information content (AvgIpc) is 3.33. The van der Waals surface area contributed by atoms with Gasteiger partial charge in [-0.1, -0.05) is 0 Å². The van der Waals surface area contributed by atoms with Gasteiger partial charge in [-0.3, -0.25) is 14.0 Å². The predicted molar refractivity (Wildman–Crippen MR) is 99.8 cm³/mol. The minimum absolute atomic E-state index is 0.0222. The topological polar surface area (TPSA) is 75.9 Å². The third kappa shape index (κ3) is 3.54. The van der Waals surface area contributed by atoms with Gasteiger partial charge in [-0.15, -0.1) is 11.3 Å². The number of nitrogens with zero attached hydrogens (tertiary/aromatic N) is 3. The molecule has 2 aliphatic heterocycles. The maximum absolute atomic E-state index is 12.6. The zero-order valence-corrected chi connectivity index (χ0v) is 15.6. The van der Waals surface area contributed by atoms with E-state index >= 15 is 0 Å². The molecule has 8 heteroatoms. The Labute approximate surface area is 156 Å². The van der Waals surface area contributed by atoms with E-state index in [0.717, 1.165) is 45.7 Å². The first-order valence-electron chi connectivity index (χ1n) is 9.20. The van der Waals surface area contributed by atoms with Crippen LogP contribution in [0.3, 0.4) is 0 Å². The summed E-state index contributed by atoms with van der Waals surface area (Å²) in [6, 6.07) is 0. The monoisotopic (exact) mass is 376 g/mol. The van der Waals surface area contributed by atoms with E-state index in [0.29, 0.717) is 11.5 Å². The van der Waals surface area contributed by atoms with Crippen LogP contribution in [0, 0.1) is 5.41 Å². The van der Waals surface area contributed by atoms with Crippen LogP contribution >= 0.6 is 11.3 Å². The minimum atomic E-state index is -0.338. The molecule has 2 fully saturated rings. The van der Waals surface area contributed by atoms with Crippen LogP contribution in [0.1, 0.15) is 36.0 Å². The highest BCUT2D eigenvalue weighted by Gasteiger charge is 2.35. The zero-order chi connectivity index (χ0) is 18.0. The van der Waals surface area contributed by atoms with Gasteiger partial charge in [0.1, 0.15) is 5.56 Å². The number of nitrogens with one attached hydrogen (secondary N) is 1. The Morgan fingerprint density at radius 1 is 1.31 bits per heavy atom. The van der Waals surface area contributed by atoms with Gasteiger partial charge in [0.05, 0.1) is 0 Å². The largest absolute Gasteiger partial charge is 0.381 e. The third-order valence-electron chi connectivity index (χ3n) is 5.52. The molecular weight excluding hydrogens is 352 g/mol. The van der Waals surface area contributed by atoms with Crippen molar-refractivity contribution >= 4 is 22.2 Å². The fourth-order valence-corrected chi connectivity index (χ4v) is 4.63. The molecule has 0 aromatic carbocycles. The van der Waals surface area contributed by atoms with E-state index in [1.54, 1.807) is 11.6 Å². The van der Waals surface area contributed by atoms with Gasteiger partial charge in [0.15, 0.2) is 4.96 Å². The second-order valence-corrected chi connectivity index (χ2v) is 8.18. The molecule has 0 atom stereocenters. The lowest BCUT2D eigenvalue weighted by atomic mass is 9.79. The molecule has 2 aromatic rings. The van der Waals surface area contributed by atoms with Gasteiger partial charge >= 0.3 is 0 Å². The number of hydrogen-bond donors (Lipinski definition) is 1. The highest BCUT2D eigenvalue weighted by atomic mass is 32.1. The zero-order valence-electron chi connectivity index (χ0n) is 14.8. The average molecular weight is 376 g/mol. The molecule has 7 nitrogen and oxygen atoms in total. The smallest absolute Gasteiger partial charge is 0.271 e. The van der Waals surface area contributed by atoms with Crippen molar-refractivity contribution in [3.05, 3.63) is 33.7 Å². The summed E-state index contributed by atoms with van der Waals surface area (Å²) in [6.45, 7) is 5.28. The normalized spacial score (nSPS) is 20.5. The van der Waals surface area contributed by atoms with Crippen molar-refractivity contribution in [2.24, 2.45) is 5.41 Å². The molecule has 1 N–H and O–H groups in total. The summed E-state index contributed by atoms with van der Waals surface area (Å²) in [7, 11) is 0. The number of hydrogen-bond acceptors (Lipinski definition) is 6. The van der Waals surface area contributed by atoms with Crippen molar-refractivity contribution in [2.45, 2.75) is 25.7 Å². The first-order valence-corrected chi connectivity index (χ1v) is 10.1. The second kappa shape index (κ2) is 7.46. The molecule has 0 radical (unpaired) electrons. The Kier molecular flexibility index (Phi) is 5.06. The molecule has 0 aliphatic carbocycles. The van der Waals surface area contributed by atoms with Crippen LogP contribution in [0.2, 0.25) is 0 Å². The highest BCUT2D eigenvalue weighted by molar-refractivity contribution is 7.15. The van der Waals surface area contributed by atoms with Crippen molar-refractivity contribution in [3.8, 4) is 0 Å². The molecule has 2 saturated heterocycles. The van der Waals surface area contributed by atoms with Crippen molar-refractivity contribution in [3.63, 3.8) is 0 Å². The number of fused-ring (bicyclic) bond motifs is 1. The molecule has 0 saturated carbocycles. The molecule has 1 amide bonds. The lowest BCUT2D eigenvalue weighted by Gasteiger charge is -2.40. The SMILES string of the molecule is O=C(NCC1(CN2CCCC2)CCOCC1)c1cnc2sccn2c1=O. The molecule has 140 valence electrons. The quantitative estimate of drug-likeness (QED) is 0.853. The lowest BCUT2D eigenvalue weighted by Crippen LogP contribution is -2.48. The number of ether oxygens (including phenoxy) is 1. The molecular formula is C18H24N4O3S. The maximum atomic E-state index is 12.6. The Bertz CT molecular complexity index is 834. The Hall–Kier alpha value is -1.77. The van der Waals surface area contributed by atoms with Crippen LogP contribution in [0.5, 0.6) is 0 Å². The fraction of sp³-hybridized carbons (Fsp3) is 0.611. The Balaban J connectivity index is 1.48. The van der Waals surface area contributed by atoms with E-state index < -0.39 is 0 Å². The van der Waals surface area contributed by atoms with Gasteiger partial charge < -0.3 is 15.0 Å². The molecule has 0 unspecified atom stereocenters. The molecule has 4 rings (SSSR count). The van der Waals surface area contributed by atoms with E-state index in [4.69, 9.17) is 4.74 Å². The van der Waals surface area contributed by atoms with Crippen molar-refractivity contribution < 1.29 is 9.53 Å². The Morgan fingerprint density at radius 2 is 2.08 bits per heavy atom. The van der Waals surface area contributed by atoms with Gasteiger partial charge in [-0.25, -0.2) is 4.98 Å². The van der Waals surface area contributed by atoms with Crippen LogP contribution in [0.15, 0.2) is 22.6 Å². The molecule has 4 heterocycles. The lowest BCUT2D eigenvalue weighted by molar-refractivity contribution is -0.000640. The number of rotatable bonds is 5. The maximum Gasteiger partial charge on any atom is 0.271 e. The molecule has 2 aromatic heterocycles. The third-order valence-corrected chi connectivity index (χ3v) is 6.29. The molecule has 0 bridgehead atoms. The van der Waals surface area contributed by atoms with Gasteiger partial charge in [0, 0.05) is 49.5 Å². The summed E-state index contributed by atoms with van der Waals surface area (Å²) in [4.78, 5) is 32.4. The highest BCUT2D eigenvalue weighted by Crippen LogP contribution is 2.32. The van der Waals surface area contributed by atoms with E-state index in [1.165, 1.54) is 34.8 Å². The summed E-state index contributed by atoms with van der Waals surface area (Å²) in [5.74, 6) is -0.338. The van der Waals surface area contributed by atoms with Gasteiger partial charge in [-0.05, 0) is 38.8 Å². The van der Waals surface area contributed by atoms with Crippen LogP contribution in [0.25, 0.3) is 4.96 Å². The molecule has 2 aliphatic rings. The minimum Gasteiger partial charge on any atom is -0.381 e. The van der Waals surface area contributed by atoms with Crippen LogP contribution in [0.4, 0.5) is 0 Å². The number of aromatic nitrogens is 2. The number of carbonyl (C=O) groups is 1. The Morgan fingerprint density at radius 3 is 2.85 bits per heavy atom. The molecule has 26 heavy (non-hydrogen) atoms. The number of likely N-dealkylation sites (tertiary alicyclic amines) is 1. The first-order chi connectivity index (χ1) is 12.7. The standard InChI is InChI=1S/C18H24N4O3S/c23-15(14-11-19-17-22(16(14)24)7-10-26-17)20-12-18(3-8-25-9-4-18)13-21-5-1-2-6-21/h7,10-11H,1-6,8-9,12-13H2,(H,20,23). The van der Waals surface area contributed by atoms with Gasteiger partial charge in [-0.2, -0.15) is 0 Å². The van der Waals surface area contributed by atoms with Crippen LogP contribution < -0.4 is 10.9 Å². The van der Waals surface area contributed by atoms with Gasteiger partial charge in [0.2, 0.25) is 0 Å². The summed E-state index contributed by atoms with van der Waals surface area (Å²) >= 11 is 1.38. The number of thiazole rings is 1. The van der Waals surface area contributed by atoms with Crippen molar-refractivity contribution in [1.82, 2.24) is 19.6 Å². The van der Waals surface area contributed by atoms with E-state index in [2.05, 4.69) is 15.2 Å². The summed E-state index contributed by atoms with van der Waals surface area (Å²) < 4.78 is 6.97. The van der Waals surface area contributed by atoms with Crippen LogP contribution in [-0.4, -0.2) is 59.6 Å². The summed E-state index contributed by atoms with van der Waals surface area (Å²) in [5, 5.41) is 4.80. The molecule has 0 spiro atoms. The number of amides is 1. The van der Waals surface area contributed by atoms with E-state index in [9.17, 15) is 9.59 Å². The predicted octanol–water partition coefficient (Wildman–Crippen LogP) is 1.38. The summed E-state index contributed by atoms with van der Waals surface area (Å²) in [6.07, 6.45) is 7.42.